The Morgan fingerprint density at radius 1 is 1.38 bits per heavy atom. The third kappa shape index (κ3) is 4.00. The van der Waals surface area contributed by atoms with Gasteiger partial charge in [0.05, 0.1) is 22.1 Å². The molecule has 0 bridgehead atoms. The lowest BCUT2D eigenvalue weighted by Crippen LogP contribution is -2.22. The van der Waals surface area contributed by atoms with Gasteiger partial charge in [-0.05, 0) is 31.2 Å². The first-order valence-electron chi connectivity index (χ1n) is 6.89. The SMILES string of the molecule is Cc1c(NCC(=O)Nc2ccc(C#N)c(Cl)c2)cccc1[N+](=O)[O-]. The Hall–Kier alpha value is -3.11. The molecule has 0 spiro atoms. The van der Waals surface area contributed by atoms with Gasteiger partial charge < -0.3 is 10.6 Å². The molecule has 122 valence electrons. The summed E-state index contributed by atoms with van der Waals surface area (Å²) in [5.74, 6) is -0.346. The second-order valence-electron chi connectivity index (χ2n) is 4.91. The van der Waals surface area contributed by atoms with E-state index in [0.717, 1.165) is 0 Å². The molecule has 0 aliphatic rings. The first-order chi connectivity index (χ1) is 11.4. The molecule has 2 rings (SSSR count). The molecule has 0 atom stereocenters. The molecule has 0 unspecified atom stereocenters. The predicted octanol–water partition coefficient (Wildman–Crippen LogP) is 3.48. The molecule has 2 aromatic rings. The van der Waals surface area contributed by atoms with Gasteiger partial charge in [0.25, 0.3) is 5.69 Å². The first kappa shape index (κ1) is 17.2. The number of nitrogens with zero attached hydrogens (tertiary/aromatic N) is 2. The number of benzene rings is 2. The molecule has 0 aromatic heterocycles. The average molecular weight is 345 g/mol. The minimum atomic E-state index is -0.473. The van der Waals surface area contributed by atoms with Crippen LogP contribution in [0.4, 0.5) is 17.1 Å². The topological polar surface area (TPSA) is 108 Å². The van der Waals surface area contributed by atoms with Crippen LogP contribution in [0.15, 0.2) is 36.4 Å². The van der Waals surface area contributed by atoms with Crippen molar-refractivity contribution in [1.82, 2.24) is 0 Å². The van der Waals surface area contributed by atoms with Crippen LogP contribution in [0.3, 0.4) is 0 Å². The number of rotatable bonds is 5. The van der Waals surface area contributed by atoms with Gasteiger partial charge in [-0.1, -0.05) is 17.7 Å². The van der Waals surface area contributed by atoms with Crippen LogP contribution < -0.4 is 10.6 Å². The zero-order chi connectivity index (χ0) is 17.7. The third-order valence-electron chi connectivity index (χ3n) is 3.31. The predicted molar refractivity (Wildman–Crippen MR) is 91.1 cm³/mol. The van der Waals surface area contributed by atoms with Crippen LogP contribution in [-0.4, -0.2) is 17.4 Å². The number of nitro groups is 1. The average Bonchev–Trinajstić information content (AvgIpc) is 2.54. The standard InChI is InChI=1S/C16H13ClN4O3/c1-10-14(3-2-4-15(10)21(23)24)19-9-16(22)20-12-6-5-11(8-18)13(17)7-12/h2-7,19H,9H2,1H3,(H,20,22). The van der Waals surface area contributed by atoms with Gasteiger partial charge in [0.1, 0.15) is 6.07 Å². The maximum atomic E-state index is 12.0. The number of nitrogens with one attached hydrogen (secondary N) is 2. The molecule has 1 amide bonds. The van der Waals surface area contributed by atoms with Gasteiger partial charge in [0.2, 0.25) is 5.91 Å². The van der Waals surface area contributed by atoms with Gasteiger partial charge in [-0.2, -0.15) is 5.26 Å². The van der Waals surface area contributed by atoms with Crippen molar-refractivity contribution in [2.75, 3.05) is 17.2 Å². The Bertz CT molecular complexity index is 846. The van der Waals surface area contributed by atoms with E-state index in [9.17, 15) is 14.9 Å². The van der Waals surface area contributed by atoms with Gasteiger partial charge in [-0.3, -0.25) is 14.9 Å². The van der Waals surface area contributed by atoms with Crippen LogP contribution in [0.2, 0.25) is 5.02 Å². The summed E-state index contributed by atoms with van der Waals surface area (Å²) in [5.41, 5.74) is 1.73. The summed E-state index contributed by atoms with van der Waals surface area (Å²) >= 11 is 5.90. The second-order valence-corrected chi connectivity index (χ2v) is 5.32. The van der Waals surface area contributed by atoms with Crippen LogP contribution in [0.1, 0.15) is 11.1 Å². The molecular formula is C16H13ClN4O3. The number of nitro benzene ring substituents is 1. The van der Waals surface area contributed by atoms with Crippen LogP contribution in [0.25, 0.3) is 0 Å². The maximum absolute atomic E-state index is 12.0. The van der Waals surface area contributed by atoms with Crippen molar-refractivity contribution < 1.29 is 9.72 Å². The fourth-order valence-corrected chi connectivity index (χ4v) is 2.30. The van der Waals surface area contributed by atoms with Crippen LogP contribution in [0.5, 0.6) is 0 Å². The highest BCUT2D eigenvalue weighted by Crippen LogP contribution is 2.25. The number of carbonyl (C=O) groups is 1. The second kappa shape index (κ2) is 7.44. The van der Waals surface area contributed by atoms with Crippen LogP contribution in [-0.2, 0) is 4.79 Å². The fourth-order valence-electron chi connectivity index (χ4n) is 2.08. The van der Waals surface area contributed by atoms with Gasteiger partial charge in [-0.15, -0.1) is 0 Å². The minimum Gasteiger partial charge on any atom is -0.376 e. The summed E-state index contributed by atoms with van der Waals surface area (Å²) in [7, 11) is 0. The van der Waals surface area contributed by atoms with Crippen molar-refractivity contribution in [3.8, 4) is 6.07 Å². The Balaban J connectivity index is 2.02. The highest BCUT2D eigenvalue weighted by atomic mass is 35.5. The largest absolute Gasteiger partial charge is 0.376 e. The van der Waals surface area contributed by atoms with Gasteiger partial charge in [-0.25, -0.2) is 0 Å². The first-order valence-corrected chi connectivity index (χ1v) is 7.27. The molecule has 0 aliphatic heterocycles. The third-order valence-corrected chi connectivity index (χ3v) is 3.63. The van der Waals surface area contributed by atoms with Crippen molar-refractivity contribution in [2.24, 2.45) is 0 Å². The van der Waals surface area contributed by atoms with E-state index in [0.29, 0.717) is 22.5 Å². The van der Waals surface area contributed by atoms with E-state index < -0.39 is 4.92 Å². The number of halogens is 1. The summed E-state index contributed by atoms with van der Waals surface area (Å²) < 4.78 is 0. The Morgan fingerprint density at radius 2 is 2.12 bits per heavy atom. The summed E-state index contributed by atoms with van der Waals surface area (Å²) in [6, 6.07) is 11.1. The number of nitriles is 1. The highest BCUT2D eigenvalue weighted by molar-refractivity contribution is 6.32. The summed E-state index contributed by atoms with van der Waals surface area (Å²) in [5, 5.41) is 25.5. The normalized spacial score (nSPS) is 9.88. The van der Waals surface area contributed by atoms with E-state index >= 15 is 0 Å². The lowest BCUT2D eigenvalue weighted by Gasteiger charge is -2.10. The van der Waals surface area contributed by atoms with Crippen LogP contribution >= 0.6 is 11.6 Å². The molecule has 7 nitrogen and oxygen atoms in total. The monoisotopic (exact) mass is 344 g/mol. The van der Waals surface area contributed by atoms with Crippen molar-refractivity contribution in [1.29, 1.82) is 5.26 Å². The molecule has 0 saturated heterocycles. The van der Waals surface area contributed by atoms with E-state index in [2.05, 4.69) is 10.6 Å². The maximum Gasteiger partial charge on any atom is 0.274 e. The van der Waals surface area contributed by atoms with Crippen LogP contribution in [0, 0.1) is 28.4 Å². The fraction of sp³-hybridized carbons (Fsp3) is 0.125. The van der Waals surface area contributed by atoms with Crippen molar-refractivity contribution in [3.05, 3.63) is 62.7 Å². The number of amides is 1. The Kier molecular flexibility index (Phi) is 5.35. The molecule has 0 saturated carbocycles. The molecule has 24 heavy (non-hydrogen) atoms. The van der Waals surface area contributed by atoms with E-state index in [1.165, 1.54) is 18.2 Å². The van der Waals surface area contributed by atoms with E-state index in [-0.39, 0.29) is 23.2 Å². The van der Waals surface area contributed by atoms with E-state index in [1.54, 1.807) is 25.1 Å². The Labute approximate surface area is 143 Å². The van der Waals surface area contributed by atoms with E-state index in [1.807, 2.05) is 6.07 Å². The molecule has 0 heterocycles. The number of hydrogen-bond donors (Lipinski definition) is 2. The van der Waals surface area contributed by atoms with Gasteiger partial charge >= 0.3 is 0 Å². The number of hydrogen-bond acceptors (Lipinski definition) is 5. The quantitative estimate of drug-likeness (QED) is 0.637. The lowest BCUT2D eigenvalue weighted by atomic mass is 10.1. The minimum absolute atomic E-state index is 0.0146. The van der Waals surface area contributed by atoms with Gasteiger partial charge in [0.15, 0.2) is 0 Å². The Morgan fingerprint density at radius 3 is 2.75 bits per heavy atom. The summed E-state index contributed by atoms with van der Waals surface area (Å²) in [6.07, 6.45) is 0. The molecule has 2 N–H and O–H groups in total. The van der Waals surface area contributed by atoms with E-state index in [4.69, 9.17) is 16.9 Å². The highest BCUT2D eigenvalue weighted by Gasteiger charge is 2.13. The van der Waals surface area contributed by atoms with Gasteiger partial charge in [0, 0.05) is 23.0 Å². The molecular weight excluding hydrogens is 332 g/mol. The van der Waals surface area contributed by atoms with Crippen molar-refractivity contribution >= 4 is 34.6 Å². The number of anilines is 2. The number of carbonyl (C=O) groups excluding carboxylic acids is 1. The molecule has 0 radical (unpaired) electrons. The zero-order valence-electron chi connectivity index (χ0n) is 12.7. The lowest BCUT2D eigenvalue weighted by molar-refractivity contribution is -0.385. The molecule has 8 heteroatoms. The molecule has 0 fully saturated rings. The zero-order valence-corrected chi connectivity index (χ0v) is 13.4. The molecule has 0 aliphatic carbocycles. The smallest absolute Gasteiger partial charge is 0.274 e. The summed E-state index contributed by atoms with van der Waals surface area (Å²) in [6.45, 7) is 1.54. The molecule has 2 aromatic carbocycles. The van der Waals surface area contributed by atoms with Crippen molar-refractivity contribution in [3.63, 3.8) is 0 Å². The summed E-state index contributed by atoms with van der Waals surface area (Å²) in [4.78, 5) is 22.4. The van der Waals surface area contributed by atoms with Crippen molar-refractivity contribution in [2.45, 2.75) is 6.92 Å².